The van der Waals surface area contributed by atoms with Gasteiger partial charge in [0, 0.05) is 19.8 Å². The van der Waals surface area contributed by atoms with Crippen LogP contribution in [-0.2, 0) is 0 Å². The van der Waals surface area contributed by atoms with E-state index in [0.717, 1.165) is 24.3 Å². The van der Waals surface area contributed by atoms with Gasteiger partial charge in [0.15, 0.2) is 0 Å². The van der Waals surface area contributed by atoms with Crippen molar-refractivity contribution in [1.82, 2.24) is 9.88 Å². The minimum absolute atomic E-state index is 0.141. The second-order valence-electron chi connectivity index (χ2n) is 7.99. The lowest BCUT2D eigenvalue weighted by atomic mass is 9.49. The highest BCUT2D eigenvalue weighted by Gasteiger charge is 2.51. The second kappa shape index (κ2) is 4.97. The maximum Gasteiger partial charge on any atom is 0.260 e. The molecule has 118 valence electrons. The Morgan fingerprint density at radius 2 is 1.82 bits per heavy atom. The van der Waals surface area contributed by atoms with Gasteiger partial charge in [-0.15, -0.1) is 0 Å². The number of aromatic amines is 1. The summed E-state index contributed by atoms with van der Waals surface area (Å²) in [4.78, 5) is 28.8. The SMILES string of the molecule is CN(CC12CC3CC(CC(C3)C1)C2)C(=O)c1ccc[nH]c1=O. The summed E-state index contributed by atoms with van der Waals surface area (Å²) in [5, 5.41) is 0. The number of aromatic nitrogens is 1. The topological polar surface area (TPSA) is 53.2 Å². The first-order chi connectivity index (χ1) is 10.5. The molecule has 4 fully saturated rings. The van der Waals surface area contributed by atoms with Gasteiger partial charge in [0.25, 0.3) is 11.5 Å². The van der Waals surface area contributed by atoms with Crippen LogP contribution >= 0.6 is 0 Å². The molecule has 1 amide bonds. The van der Waals surface area contributed by atoms with E-state index in [-0.39, 0.29) is 17.0 Å². The molecule has 4 heteroatoms. The lowest BCUT2D eigenvalue weighted by Gasteiger charge is -2.57. The normalized spacial score (nSPS) is 35.6. The number of pyridine rings is 1. The van der Waals surface area contributed by atoms with Crippen molar-refractivity contribution in [3.05, 3.63) is 34.2 Å². The van der Waals surface area contributed by atoms with Gasteiger partial charge < -0.3 is 9.88 Å². The Bertz CT molecular complexity index is 613. The van der Waals surface area contributed by atoms with E-state index in [1.54, 1.807) is 23.2 Å². The highest BCUT2D eigenvalue weighted by molar-refractivity contribution is 5.93. The zero-order valence-electron chi connectivity index (χ0n) is 13.2. The third-order valence-electron chi connectivity index (χ3n) is 6.13. The first-order valence-electron chi connectivity index (χ1n) is 8.48. The molecule has 0 radical (unpaired) electrons. The van der Waals surface area contributed by atoms with E-state index in [0.29, 0.717) is 5.41 Å². The number of nitrogens with one attached hydrogen (secondary N) is 1. The van der Waals surface area contributed by atoms with Crippen LogP contribution < -0.4 is 5.56 Å². The standard InChI is InChI=1S/C18H24N2O2/c1-20(17(22)15-3-2-4-19-16(15)21)11-18-8-12-5-13(9-18)7-14(6-12)10-18/h2-4,12-14H,5-11H2,1H3,(H,19,21). The van der Waals surface area contributed by atoms with Gasteiger partial charge in [-0.25, -0.2) is 0 Å². The van der Waals surface area contributed by atoms with Crippen LogP contribution in [0.4, 0.5) is 0 Å². The van der Waals surface area contributed by atoms with E-state index in [2.05, 4.69) is 4.98 Å². The van der Waals surface area contributed by atoms with Crippen LogP contribution in [0.2, 0.25) is 0 Å². The summed E-state index contributed by atoms with van der Waals surface area (Å²) in [6.45, 7) is 0.809. The lowest BCUT2D eigenvalue weighted by Crippen LogP contribution is -2.51. The van der Waals surface area contributed by atoms with E-state index in [1.807, 2.05) is 7.05 Å². The van der Waals surface area contributed by atoms with Crippen molar-refractivity contribution in [1.29, 1.82) is 0 Å². The number of rotatable bonds is 3. The molecule has 4 bridgehead atoms. The van der Waals surface area contributed by atoms with Gasteiger partial charge >= 0.3 is 0 Å². The van der Waals surface area contributed by atoms with Crippen molar-refractivity contribution < 1.29 is 4.79 Å². The third kappa shape index (κ3) is 2.29. The molecule has 5 rings (SSSR count). The Hall–Kier alpha value is -1.58. The Kier molecular flexibility index (Phi) is 3.17. The maximum atomic E-state index is 12.6. The highest BCUT2D eigenvalue weighted by Crippen LogP contribution is 2.60. The van der Waals surface area contributed by atoms with Crippen molar-refractivity contribution in [3.63, 3.8) is 0 Å². The van der Waals surface area contributed by atoms with E-state index in [1.165, 1.54) is 38.5 Å². The van der Waals surface area contributed by atoms with Crippen molar-refractivity contribution in [3.8, 4) is 0 Å². The molecule has 1 heterocycles. The van der Waals surface area contributed by atoms with Crippen LogP contribution in [0.25, 0.3) is 0 Å². The van der Waals surface area contributed by atoms with Gasteiger partial charge in [-0.05, 0) is 73.8 Å². The molecule has 4 aliphatic carbocycles. The summed E-state index contributed by atoms with van der Waals surface area (Å²) in [5.41, 5.74) is 0.292. The molecular weight excluding hydrogens is 276 g/mol. The first kappa shape index (κ1) is 14.0. The third-order valence-corrected chi connectivity index (χ3v) is 6.13. The molecule has 4 saturated carbocycles. The smallest absolute Gasteiger partial charge is 0.260 e. The predicted molar refractivity (Wildman–Crippen MR) is 84.6 cm³/mol. The molecular formula is C18H24N2O2. The Morgan fingerprint density at radius 3 is 2.36 bits per heavy atom. The zero-order chi connectivity index (χ0) is 15.3. The van der Waals surface area contributed by atoms with Gasteiger partial charge in [-0.2, -0.15) is 0 Å². The number of amides is 1. The summed E-state index contributed by atoms with van der Waals surface area (Å²) in [5.74, 6) is 2.51. The van der Waals surface area contributed by atoms with Gasteiger partial charge in [0.1, 0.15) is 5.56 Å². The molecule has 0 saturated heterocycles. The molecule has 4 nitrogen and oxygen atoms in total. The summed E-state index contributed by atoms with van der Waals surface area (Å²) >= 11 is 0. The lowest BCUT2D eigenvalue weighted by molar-refractivity contribution is -0.0629. The van der Waals surface area contributed by atoms with Crippen molar-refractivity contribution in [2.75, 3.05) is 13.6 Å². The first-order valence-corrected chi connectivity index (χ1v) is 8.48. The Morgan fingerprint density at radius 1 is 1.23 bits per heavy atom. The minimum Gasteiger partial charge on any atom is -0.341 e. The number of hydrogen-bond acceptors (Lipinski definition) is 2. The quantitative estimate of drug-likeness (QED) is 0.933. The van der Waals surface area contributed by atoms with Crippen LogP contribution in [0, 0.1) is 23.2 Å². The van der Waals surface area contributed by atoms with Crippen molar-refractivity contribution >= 4 is 5.91 Å². The average molecular weight is 300 g/mol. The van der Waals surface area contributed by atoms with Crippen LogP contribution in [0.5, 0.6) is 0 Å². The van der Waals surface area contributed by atoms with Crippen LogP contribution in [0.15, 0.2) is 23.1 Å². The van der Waals surface area contributed by atoms with Crippen LogP contribution in [-0.4, -0.2) is 29.4 Å². The van der Waals surface area contributed by atoms with Gasteiger partial charge in [0.05, 0.1) is 0 Å². The van der Waals surface area contributed by atoms with Crippen molar-refractivity contribution in [2.24, 2.45) is 23.2 Å². The largest absolute Gasteiger partial charge is 0.341 e. The fraction of sp³-hybridized carbons (Fsp3) is 0.667. The molecule has 0 spiro atoms. The summed E-state index contributed by atoms with van der Waals surface area (Å²) < 4.78 is 0. The fourth-order valence-corrected chi connectivity index (χ4v) is 5.85. The molecule has 0 aromatic carbocycles. The molecule has 0 unspecified atom stereocenters. The van der Waals surface area contributed by atoms with E-state index in [9.17, 15) is 9.59 Å². The zero-order valence-corrected chi connectivity index (χ0v) is 13.2. The Balaban J connectivity index is 1.52. The number of carbonyl (C=O) groups is 1. The van der Waals surface area contributed by atoms with E-state index < -0.39 is 0 Å². The van der Waals surface area contributed by atoms with Gasteiger partial charge in [-0.1, -0.05) is 0 Å². The predicted octanol–water partition coefficient (Wildman–Crippen LogP) is 2.66. The highest BCUT2D eigenvalue weighted by atomic mass is 16.2. The number of carbonyl (C=O) groups excluding carboxylic acids is 1. The fourth-order valence-electron chi connectivity index (χ4n) is 5.85. The summed E-state index contributed by atoms with van der Waals surface area (Å²) in [6, 6.07) is 3.34. The molecule has 1 N–H and O–H groups in total. The number of H-pyrrole nitrogens is 1. The van der Waals surface area contributed by atoms with Gasteiger partial charge in [-0.3, -0.25) is 9.59 Å². The number of nitrogens with zero attached hydrogens (tertiary/aromatic N) is 1. The number of hydrogen-bond donors (Lipinski definition) is 1. The molecule has 4 aliphatic rings. The average Bonchev–Trinajstić information content (AvgIpc) is 2.45. The van der Waals surface area contributed by atoms with E-state index >= 15 is 0 Å². The summed E-state index contributed by atoms with van der Waals surface area (Å²) in [7, 11) is 1.85. The molecule has 0 aliphatic heterocycles. The Labute approximate surface area is 130 Å². The minimum atomic E-state index is -0.287. The van der Waals surface area contributed by atoms with Crippen LogP contribution in [0.1, 0.15) is 48.9 Å². The van der Waals surface area contributed by atoms with Crippen molar-refractivity contribution in [2.45, 2.75) is 38.5 Å². The summed E-state index contributed by atoms with van der Waals surface area (Å²) in [6.07, 6.45) is 9.64. The molecule has 1 aromatic heterocycles. The van der Waals surface area contributed by atoms with Crippen LogP contribution in [0.3, 0.4) is 0 Å². The maximum absolute atomic E-state index is 12.6. The monoisotopic (exact) mass is 300 g/mol. The molecule has 22 heavy (non-hydrogen) atoms. The van der Waals surface area contributed by atoms with E-state index in [4.69, 9.17) is 0 Å². The second-order valence-corrected chi connectivity index (χ2v) is 7.99. The molecule has 1 aromatic rings. The molecule has 0 atom stereocenters. The van der Waals surface area contributed by atoms with Gasteiger partial charge in [0.2, 0.25) is 0 Å².